The van der Waals surface area contributed by atoms with Crippen LogP contribution < -0.4 is 21.3 Å². The van der Waals surface area contributed by atoms with Gasteiger partial charge in [-0.1, -0.05) is 93.2 Å². The van der Waals surface area contributed by atoms with Crippen LogP contribution >= 0.6 is 0 Å². The number of esters is 1. The third kappa shape index (κ3) is 23.3. The highest BCUT2D eigenvalue weighted by molar-refractivity contribution is 6.03. The zero-order valence-electron chi connectivity index (χ0n) is 34.6. The van der Waals surface area contributed by atoms with Gasteiger partial charge < -0.3 is 30.8 Å². The lowest BCUT2D eigenvalue weighted by Gasteiger charge is -2.25. The number of ether oxygens (including phenoxy) is 1. The molecule has 300 valence electrons. The number of imide groups is 1. The SMILES string of the molecule is CC.CC.CC1CC(=O)N(CCCCCCNC(C(=O)NCC=O)C(C)C)C1=O.CNCC1CCC(C)CC1.CNc1ccc(COC(C)=O)cc1. The second-order valence-electron chi connectivity index (χ2n) is 13.4. The Labute approximate surface area is 316 Å². The maximum atomic E-state index is 11.9. The fourth-order valence-electron chi connectivity index (χ4n) is 5.75. The van der Waals surface area contributed by atoms with E-state index in [1.807, 2.05) is 72.9 Å². The molecular formula is C41H75N5O6. The molecule has 0 radical (unpaired) electrons. The predicted molar refractivity (Wildman–Crippen MR) is 214 cm³/mol. The molecule has 2 fully saturated rings. The fourth-order valence-corrected chi connectivity index (χ4v) is 5.75. The minimum absolute atomic E-state index is 0.0380. The van der Waals surface area contributed by atoms with Crippen molar-refractivity contribution in [2.75, 3.05) is 45.6 Å². The normalized spacial score (nSPS) is 18.2. The van der Waals surface area contributed by atoms with Crippen molar-refractivity contribution >= 4 is 35.7 Å². The van der Waals surface area contributed by atoms with Gasteiger partial charge in [-0.05, 0) is 81.3 Å². The average Bonchev–Trinajstić information content (AvgIpc) is 3.39. The Kier molecular flexibility index (Phi) is 31.6. The van der Waals surface area contributed by atoms with Crippen molar-refractivity contribution in [2.24, 2.45) is 23.7 Å². The second-order valence-corrected chi connectivity index (χ2v) is 13.4. The number of nitrogens with zero attached hydrogens (tertiary/aromatic N) is 1. The Morgan fingerprint density at radius 2 is 1.52 bits per heavy atom. The monoisotopic (exact) mass is 734 g/mol. The third-order valence-electron chi connectivity index (χ3n) is 8.76. The van der Waals surface area contributed by atoms with Crippen LogP contribution in [0, 0.1) is 23.7 Å². The molecule has 4 N–H and O–H groups in total. The van der Waals surface area contributed by atoms with E-state index in [2.05, 4.69) is 35.2 Å². The molecule has 2 atom stereocenters. The largest absolute Gasteiger partial charge is 0.461 e. The summed E-state index contributed by atoms with van der Waals surface area (Å²) in [4.78, 5) is 57.6. The lowest BCUT2D eigenvalue weighted by atomic mass is 9.83. The van der Waals surface area contributed by atoms with Gasteiger partial charge in [0.25, 0.3) is 0 Å². The van der Waals surface area contributed by atoms with Crippen LogP contribution in [0.1, 0.15) is 126 Å². The Hall–Kier alpha value is -3.31. The number of hydrogen-bond donors (Lipinski definition) is 4. The molecule has 0 aromatic heterocycles. The molecule has 3 amide bonds. The highest BCUT2D eigenvalue weighted by Gasteiger charge is 2.34. The van der Waals surface area contributed by atoms with Crippen molar-refractivity contribution in [3.05, 3.63) is 29.8 Å². The molecule has 0 spiro atoms. The molecule has 2 aliphatic rings. The van der Waals surface area contributed by atoms with Gasteiger partial charge in [0.1, 0.15) is 12.9 Å². The lowest BCUT2D eigenvalue weighted by Crippen LogP contribution is -2.48. The summed E-state index contributed by atoms with van der Waals surface area (Å²) in [6, 6.07) is 7.43. The average molecular weight is 734 g/mol. The second kappa shape index (κ2) is 32.3. The van der Waals surface area contributed by atoms with Crippen molar-refractivity contribution in [3.63, 3.8) is 0 Å². The number of rotatable bonds is 17. The van der Waals surface area contributed by atoms with Crippen LogP contribution in [0.3, 0.4) is 0 Å². The van der Waals surface area contributed by atoms with Gasteiger partial charge in [0, 0.05) is 38.5 Å². The summed E-state index contributed by atoms with van der Waals surface area (Å²) in [5.74, 6) is 1.43. The van der Waals surface area contributed by atoms with E-state index in [1.165, 1.54) is 44.1 Å². The molecule has 1 aromatic carbocycles. The molecular weight excluding hydrogens is 658 g/mol. The number of aldehydes is 1. The van der Waals surface area contributed by atoms with Crippen LogP contribution in [0.15, 0.2) is 24.3 Å². The minimum atomic E-state index is -0.304. The summed E-state index contributed by atoms with van der Waals surface area (Å²) in [6.45, 7) is 20.3. The number of hydrogen-bond acceptors (Lipinski definition) is 9. The molecule has 2 unspecified atom stereocenters. The Balaban J connectivity index is 0. The number of benzene rings is 1. The smallest absolute Gasteiger partial charge is 0.302 e. The molecule has 11 nitrogen and oxygen atoms in total. The molecule has 1 aromatic rings. The van der Waals surface area contributed by atoms with E-state index in [-0.39, 0.29) is 48.1 Å². The highest BCUT2D eigenvalue weighted by atomic mass is 16.5. The Morgan fingerprint density at radius 3 is 2.00 bits per heavy atom. The first-order valence-electron chi connectivity index (χ1n) is 19.8. The van der Waals surface area contributed by atoms with Gasteiger partial charge in [-0.25, -0.2) is 0 Å². The van der Waals surface area contributed by atoms with E-state index in [0.717, 1.165) is 55.3 Å². The summed E-state index contributed by atoms with van der Waals surface area (Å²) < 4.78 is 4.84. The molecule has 0 bridgehead atoms. The quantitative estimate of drug-likeness (QED) is 0.0592. The third-order valence-corrected chi connectivity index (χ3v) is 8.76. The molecule has 3 rings (SSSR count). The van der Waals surface area contributed by atoms with Gasteiger partial charge in [0.05, 0.1) is 12.6 Å². The zero-order valence-corrected chi connectivity index (χ0v) is 34.6. The van der Waals surface area contributed by atoms with E-state index >= 15 is 0 Å². The number of nitrogens with one attached hydrogen (secondary N) is 4. The van der Waals surface area contributed by atoms with Crippen molar-refractivity contribution in [1.29, 1.82) is 0 Å². The van der Waals surface area contributed by atoms with Crippen LogP contribution in [0.25, 0.3) is 0 Å². The topological polar surface area (TPSA) is 146 Å². The van der Waals surface area contributed by atoms with Crippen molar-refractivity contribution < 1.29 is 28.7 Å². The summed E-state index contributed by atoms with van der Waals surface area (Å²) in [5, 5.41) is 12.1. The standard InChI is InChI=1S/C18H31N3O4.C10H13NO2.C9H19N.2C2H6/c1-13(2)16(17(24)20-9-11-22)19-8-6-4-5-7-10-21-15(23)12-14(3)18(21)25;1-8(12)13-7-9-3-5-10(11-2)6-4-9;1-8-3-5-9(6-4-8)7-10-2;2*1-2/h11,13-14,16,19H,4-10,12H2,1-3H3,(H,20,24);3-6,11H,7H2,1-2H3;8-10H,3-7H2,1-2H3;2*1-2H3. The number of unbranched alkanes of at least 4 members (excludes halogenated alkanes) is 3. The predicted octanol–water partition coefficient (Wildman–Crippen LogP) is 6.75. The van der Waals surface area contributed by atoms with Gasteiger partial charge >= 0.3 is 5.97 Å². The minimum Gasteiger partial charge on any atom is -0.461 e. The first-order valence-corrected chi connectivity index (χ1v) is 19.8. The summed E-state index contributed by atoms with van der Waals surface area (Å²) in [6.07, 6.45) is 10.5. The Morgan fingerprint density at radius 1 is 0.923 bits per heavy atom. The first-order chi connectivity index (χ1) is 24.9. The molecule has 1 saturated carbocycles. The molecule has 1 saturated heterocycles. The summed E-state index contributed by atoms with van der Waals surface area (Å²) in [5.41, 5.74) is 2.04. The molecule has 1 aliphatic heterocycles. The van der Waals surface area contributed by atoms with Gasteiger partial charge in [0.15, 0.2) is 0 Å². The van der Waals surface area contributed by atoms with Crippen LogP contribution in [-0.4, -0.2) is 81.2 Å². The maximum Gasteiger partial charge on any atom is 0.302 e. The number of amides is 3. The zero-order chi connectivity index (χ0) is 39.9. The molecule has 11 heteroatoms. The highest BCUT2D eigenvalue weighted by Crippen LogP contribution is 2.27. The van der Waals surface area contributed by atoms with E-state index < -0.39 is 0 Å². The number of anilines is 1. The molecule has 1 heterocycles. The van der Waals surface area contributed by atoms with Gasteiger partial charge in [0.2, 0.25) is 17.7 Å². The van der Waals surface area contributed by atoms with Gasteiger partial charge in [-0.15, -0.1) is 0 Å². The molecule has 52 heavy (non-hydrogen) atoms. The summed E-state index contributed by atoms with van der Waals surface area (Å²) in [7, 11) is 3.92. The number of carbonyl (C=O) groups excluding carboxylic acids is 5. The summed E-state index contributed by atoms with van der Waals surface area (Å²) >= 11 is 0. The van der Waals surface area contributed by atoms with Crippen LogP contribution in [0.2, 0.25) is 0 Å². The van der Waals surface area contributed by atoms with Gasteiger partial charge in [-0.3, -0.25) is 24.1 Å². The van der Waals surface area contributed by atoms with E-state index in [9.17, 15) is 24.0 Å². The molecule has 1 aliphatic carbocycles. The van der Waals surface area contributed by atoms with Crippen molar-refractivity contribution in [1.82, 2.24) is 20.9 Å². The Bertz CT molecular complexity index is 1090. The number of carbonyl (C=O) groups is 5. The van der Waals surface area contributed by atoms with E-state index in [1.54, 1.807) is 6.92 Å². The fraction of sp³-hybridized carbons (Fsp3) is 0.732. The van der Waals surface area contributed by atoms with E-state index in [4.69, 9.17) is 4.74 Å². The number of likely N-dealkylation sites (tertiary alicyclic amines) is 1. The van der Waals surface area contributed by atoms with Crippen LogP contribution in [0.5, 0.6) is 0 Å². The lowest BCUT2D eigenvalue weighted by molar-refractivity contribution is -0.142. The van der Waals surface area contributed by atoms with E-state index in [0.29, 0.717) is 25.9 Å². The first kappa shape index (κ1) is 50.8. The van der Waals surface area contributed by atoms with Crippen LogP contribution in [0.4, 0.5) is 5.69 Å². The van der Waals surface area contributed by atoms with Crippen molar-refractivity contribution in [3.8, 4) is 0 Å². The van der Waals surface area contributed by atoms with Gasteiger partial charge in [-0.2, -0.15) is 0 Å². The van der Waals surface area contributed by atoms with Crippen LogP contribution in [-0.2, 0) is 35.3 Å². The van der Waals surface area contributed by atoms with Crippen molar-refractivity contribution in [2.45, 2.75) is 133 Å². The maximum absolute atomic E-state index is 11.9.